The summed E-state index contributed by atoms with van der Waals surface area (Å²) in [5.41, 5.74) is 5.51. The lowest BCUT2D eigenvalue weighted by Crippen LogP contribution is -2.26. The first kappa shape index (κ1) is 21.6. The summed E-state index contributed by atoms with van der Waals surface area (Å²) in [6, 6.07) is 24.6. The summed E-state index contributed by atoms with van der Waals surface area (Å²) in [6.45, 7) is 5.02. The van der Waals surface area contributed by atoms with Gasteiger partial charge in [-0.25, -0.2) is 9.36 Å². The molecule has 5 aromatic rings. The zero-order valence-corrected chi connectivity index (χ0v) is 19.5. The molecule has 34 heavy (non-hydrogen) atoms. The zero-order chi connectivity index (χ0) is 23.7. The Labute approximate surface area is 198 Å². The van der Waals surface area contributed by atoms with Crippen molar-refractivity contribution in [3.05, 3.63) is 107 Å². The highest BCUT2D eigenvalue weighted by molar-refractivity contribution is 5.91. The molecule has 0 N–H and O–H groups in total. The van der Waals surface area contributed by atoms with E-state index in [2.05, 4.69) is 45.7 Å². The van der Waals surface area contributed by atoms with Crippen molar-refractivity contribution in [1.29, 1.82) is 0 Å². The van der Waals surface area contributed by atoms with Crippen LogP contribution in [0.2, 0.25) is 0 Å². The molecule has 170 valence electrons. The van der Waals surface area contributed by atoms with Gasteiger partial charge in [0.25, 0.3) is 5.91 Å². The largest absolute Gasteiger partial charge is 0.336 e. The quantitative estimate of drug-likeness (QED) is 0.380. The van der Waals surface area contributed by atoms with E-state index in [1.807, 2.05) is 61.0 Å². The number of fused-ring (bicyclic) bond motifs is 1. The van der Waals surface area contributed by atoms with E-state index < -0.39 is 0 Å². The van der Waals surface area contributed by atoms with Crippen LogP contribution in [0.3, 0.4) is 0 Å². The Bertz CT molecular complexity index is 1480. The van der Waals surface area contributed by atoms with Crippen LogP contribution in [0.4, 0.5) is 0 Å². The maximum atomic E-state index is 13.0. The predicted molar refractivity (Wildman–Crippen MR) is 132 cm³/mol. The Morgan fingerprint density at radius 1 is 0.971 bits per heavy atom. The van der Waals surface area contributed by atoms with Crippen LogP contribution in [0.25, 0.3) is 16.5 Å². The van der Waals surface area contributed by atoms with Gasteiger partial charge in [-0.3, -0.25) is 4.79 Å². The molecular weight excluding hydrogens is 424 g/mol. The van der Waals surface area contributed by atoms with Crippen LogP contribution >= 0.6 is 0 Å². The molecule has 7 nitrogen and oxygen atoms in total. The lowest BCUT2D eigenvalue weighted by atomic mass is 10.0. The topological polar surface area (TPSA) is 68.8 Å². The van der Waals surface area contributed by atoms with E-state index in [9.17, 15) is 4.79 Å². The molecular formula is C27H26N6O. The number of amides is 1. The Hall–Kier alpha value is -4.26. The van der Waals surface area contributed by atoms with Gasteiger partial charge in [0.2, 0.25) is 0 Å². The molecule has 2 heterocycles. The molecule has 7 heteroatoms. The van der Waals surface area contributed by atoms with Crippen LogP contribution in [-0.4, -0.2) is 42.6 Å². The molecule has 0 aliphatic carbocycles. The van der Waals surface area contributed by atoms with Crippen LogP contribution in [0, 0.1) is 13.8 Å². The van der Waals surface area contributed by atoms with E-state index in [1.165, 1.54) is 10.8 Å². The van der Waals surface area contributed by atoms with Crippen molar-refractivity contribution in [2.24, 2.45) is 0 Å². The van der Waals surface area contributed by atoms with Crippen molar-refractivity contribution in [3.63, 3.8) is 0 Å². The number of carbonyl (C=O) groups excluding carboxylic acids is 1. The standard InChI is InChI=1S/C27H26N6O/c1-19-14-20(2)33(29-19)24-12-6-8-21(15-24)16-31(3)27(34)26-18-32(30-28-26)17-23-11-7-10-22-9-4-5-13-25(22)23/h4-15,18H,16-17H2,1-3H3. The van der Waals surface area contributed by atoms with Gasteiger partial charge in [0.15, 0.2) is 5.69 Å². The van der Waals surface area contributed by atoms with Gasteiger partial charge in [0.05, 0.1) is 24.1 Å². The molecule has 0 saturated carbocycles. The molecule has 5 rings (SSSR count). The van der Waals surface area contributed by atoms with Crippen LogP contribution in [0.5, 0.6) is 0 Å². The monoisotopic (exact) mass is 450 g/mol. The van der Waals surface area contributed by atoms with Crippen molar-refractivity contribution in [2.75, 3.05) is 7.05 Å². The molecule has 0 aliphatic rings. The average Bonchev–Trinajstić information content (AvgIpc) is 3.44. The van der Waals surface area contributed by atoms with Gasteiger partial charge >= 0.3 is 0 Å². The summed E-state index contributed by atoms with van der Waals surface area (Å²) >= 11 is 0. The first-order valence-corrected chi connectivity index (χ1v) is 11.2. The van der Waals surface area contributed by atoms with E-state index in [-0.39, 0.29) is 5.91 Å². The first-order chi connectivity index (χ1) is 16.5. The molecule has 1 amide bonds. The number of benzene rings is 3. The van der Waals surface area contributed by atoms with Crippen LogP contribution in [0.15, 0.2) is 79.0 Å². The van der Waals surface area contributed by atoms with Crippen LogP contribution in [-0.2, 0) is 13.1 Å². The molecule has 0 fully saturated rings. The van der Waals surface area contributed by atoms with Gasteiger partial charge in [0, 0.05) is 19.3 Å². The fourth-order valence-electron chi connectivity index (χ4n) is 4.30. The maximum Gasteiger partial charge on any atom is 0.276 e. The van der Waals surface area contributed by atoms with Gasteiger partial charge in [-0.05, 0) is 53.9 Å². The molecule has 2 aromatic heterocycles. The summed E-state index contributed by atoms with van der Waals surface area (Å²) in [5.74, 6) is -0.166. The number of rotatable bonds is 6. The summed E-state index contributed by atoms with van der Waals surface area (Å²) in [7, 11) is 1.78. The molecule has 0 bridgehead atoms. The molecule has 0 aliphatic heterocycles. The third-order valence-electron chi connectivity index (χ3n) is 5.90. The van der Waals surface area contributed by atoms with E-state index in [0.29, 0.717) is 18.8 Å². The van der Waals surface area contributed by atoms with Crippen molar-refractivity contribution in [3.8, 4) is 5.69 Å². The fourth-order valence-corrected chi connectivity index (χ4v) is 4.30. The van der Waals surface area contributed by atoms with Crippen molar-refractivity contribution < 1.29 is 4.79 Å². The number of carbonyl (C=O) groups is 1. The lowest BCUT2D eigenvalue weighted by molar-refractivity contribution is 0.0779. The first-order valence-electron chi connectivity index (χ1n) is 11.2. The normalized spacial score (nSPS) is 11.1. The summed E-state index contributed by atoms with van der Waals surface area (Å²) in [4.78, 5) is 14.7. The van der Waals surface area contributed by atoms with Gasteiger partial charge in [-0.15, -0.1) is 5.10 Å². The number of hydrogen-bond acceptors (Lipinski definition) is 4. The second-order valence-corrected chi connectivity index (χ2v) is 8.61. The predicted octanol–water partition coefficient (Wildman–Crippen LogP) is 4.55. The summed E-state index contributed by atoms with van der Waals surface area (Å²) in [5, 5.41) is 15.3. The third kappa shape index (κ3) is 4.32. The molecule has 0 atom stereocenters. The highest BCUT2D eigenvalue weighted by Gasteiger charge is 2.17. The molecule has 3 aromatic carbocycles. The van der Waals surface area contributed by atoms with Gasteiger partial charge in [0.1, 0.15) is 0 Å². The Balaban J connectivity index is 1.30. The van der Waals surface area contributed by atoms with Crippen molar-refractivity contribution >= 4 is 16.7 Å². The minimum atomic E-state index is -0.166. The smallest absolute Gasteiger partial charge is 0.276 e. The minimum absolute atomic E-state index is 0.166. The summed E-state index contributed by atoms with van der Waals surface area (Å²) < 4.78 is 3.63. The SMILES string of the molecule is Cc1cc(C)n(-c2cccc(CN(C)C(=O)c3cn(Cc4cccc5ccccc45)nn3)c2)n1. The van der Waals surface area contributed by atoms with Gasteiger partial charge < -0.3 is 4.90 Å². The van der Waals surface area contributed by atoms with E-state index >= 15 is 0 Å². The van der Waals surface area contributed by atoms with Gasteiger partial charge in [-0.2, -0.15) is 5.10 Å². The molecule has 0 radical (unpaired) electrons. The minimum Gasteiger partial charge on any atom is -0.336 e. The maximum absolute atomic E-state index is 13.0. The zero-order valence-electron chi connectivity index (χ0n) is 19.5. The Morgan fingerprint density at radius 2 is 1.76 bits per heavy atom. The summed E-state index contributed by atoms with van der Waals surface area (Å²) in [6.07, 6.45) is 1.72. The molecule has 0 saturated heterocycles. The number of aryl methyl sites for hydroxylation is 2. The third-order valence-corrected chi connectivity index (χ3v) is 5.90. The van der Waals surface area contributed by atoms with Crippen molar-refractivity contribution in [1.82, 2.24) is 29.7 Å². The van der Waals surface area contributed by atoms with Crippen molar-refractivity contribution in [2.45, 2.75) is 26.9 Å². The average molecular weight is 451 g/mol. The second-order valence-electron chi connectivity index (χ2n) is 8.61. The second kappa shape index (κ2) is 8.94. The number of hydrogen-bond donors (Lipinski definition) is 0. The van der Waals surface area contributed by atoms with E-state index in [4.69, 9.17) is 0 Å². The van der Waals surface area contributed by atoms with E-state index in [0.717, 1.165) is 28.2 Å². The fraction of sp³-hybridized carbons (Fsp3) is 0.185. The number of aromatic nitrogens is 5. The van der Waals surface area contributed by atoms with E-state index in [1.54, 1.807) is 22.8 Å². The molecule has 0 spiro atoms. The lowest BCUT2D eigenvalue weighted by Gasteiger charge is -2.16. The van der Waals surface area contributed by atoms with Crippen LogP contribution in [0.1, 0.15) is 33.0 Å². The Morgan fingerprint density at radius 3 is 2.59 bits per heavy atom. The Kier molecular flexibility index (Phi) is 5.67. The number of nitrogens with zero attached hydrogens (tertiary/aromatic N) is 6. The van der Waals surface area contributed by atoms with Gasteiger partial charge in [-0.1, -0.05) is 59.8 Å². The highest BCUT2D eigenvalue weighted by atomic mass is 16.2. The molecule has 0 unspecified atom stereocenters. The highest BCUT2D eigenvalue weighted by Crippen LogP contribution is 2.20. The van der Waals surface area contributed by atoms with Crippen LogP contribution < -0.4 is 0 Å².